The molecule has 0 bridgehead atoms. The predicted octanol–water partition coefficient (Wildman–Crippen LogP) is 6.12. The number of anilines is 1. The summed E-state index contributed by atoms with van der Waals surface area (Å²) >= 11 is 0. The molecule has 6 aromatic rings. The van der Waals surface area contributed by atoms with E-state index in [9.17, 15) is 32.6 Å². The summed E-state index contributed by atoms with van der Waals surface area (Å²) in [5, 5.41) is 23.1. The zero-order valence-electron chi connectivity index (χ0n) is 29.0. The lowest BCUT2D eigenvalue weighted by Crippen LogP contribution is -2.43. The van der Waals surface area contributed by atoms with E-state index in [1.54, 1.807) is 36.5 Å². The number of aliphatic carboxylic acids is 1. The average molecular weight is 773 g/mol. The van der Waals surface area contributed by atoms with E-state index in [2.05, 4.69) is 20.0 Å². The summed E-state index contributed by atoms with van der Waals surface area (Å²) in [6.07, 6.45) is 3.99. The number of hydrogen-bond acceptors (Lipinski definition) is 9. The van der Waals surface area contributed by atoms with Crippen LogP contribution in [0.3, 0.4) is 0 Å². The number of fused-ring (bicyclic) bond motifs is 1. The highest BCUT2D eigenvalue weighted by Gasteiger charge is 2.28. The average Bonchev–Trinajstić information content (AvgIpc) is 3.16. The van der Waals surface area contributed by atoms with Crippen LogP contribution in [0.1, 0.15) is 21.5 Å². The molecule has 0 saturated heterocycles. The number of nitrogens with one attached hydrogen (secondary N) is 2. The van der Waals surface area contributed by atoms with Gasteiger partial charge in [-0.1, -0.05) is 24.3 Å². The number of rotatable bonds is 13. The second-order valence-electron chi connectivity index (χ2n) is 12.1. The molecule has 4 aromatic carbocycles. The molecule has 16 heteroatoms. The summed E-state index contributed by atoms with van der Waals surface area (Å²) in [7, 11) is -1.46. The van der Waals surface area contributed by atoms with E-state index in [4.69, 9.17) is 9.47 Å². The van der Waals surface area contributed by atoms with Gasteiger partial charge in [0, 0.05) is 36.5 Å². The Kier molecular flexibility index (Phi) is 11.0. The van der Waals surface area contributed by atoms with Gasteiger partial charge in [0.25, 0.3) is 15.9 Å². The van der Waals surface area contributed by atoms with E-state index in [-0.39, 0.29) is 17.9 Å². The summed E-state index contributed by atoms with van der Waals surface area (Å²) in [4.78, 5) is 33.0. The highest BCUT2D eigenvalue weighted by Crippen LogP contribution is 2.43. The number of ether oxygens (including phenoxy) is 2. The molecule has 0 fully saturated rings. The smallest absolute Gasteiger partial charge is 0.326 e. The van der Waals surface area contributed by atoms with E-state index in [0.29, 0.717) is 67.8 Å². The zero-order chi connectivity index (χ0) is 39.4. The van der Waals surface area contributed by atoms with E-state index in [1.165, 1.54) is 56.9 Å². The monoisotopic (exact) mass is 772 g/mol. The molecule has 1 atom stereocenters. The van der Waals surface area contributed by atoms with Crippen molar-refractivity contribution in [2.75, 3.05) is 18.9 Å². The van der Waals surface area contributed by atoms with Crippen LogP contribution in [0.2, 0.25) is 0 Å². The summed E-state index contributed by atoms with van der Waals surface area (Å²) < 4.78 is 83.5. The van der Waals surface area contributed by atoms with E-state index in [1.807, 2.05) is 0 Å². The lowest BCUT2D eigenvalue weighted by Gasteiger charge is -2.19. The number of hydrogen-bond donors (Lipinski definition) is 4. The Hall–Kier alpha value is -6.52. The molecule has 0 radical (unpaired) electrons. The van der Waals surface area contributed by atoms with Gasteiger partial charge in [-0.05, 0) is 81.7 Å². The SMILES string of the molecule is COc1cc(CO)cc(OC)c1-c1ccc(C[C@@H](NC(=O)c2c(F)cc(NS(=O)(=O)c3ccc(-c4ccnc(F)c4)cc3)cc2F)C(=O)O)c2ccncc12. The van der Waals surface area contributed by atoms with Crippen LogP contribution in [-0.2, 0) is 27.8 Å². The van der Waals surface area contributed by atoms with Crippen molar-refractivity contribution >= 4 is 38.4 Å². The quantitative estimate of drug-likeness (QED) is 0.100. The van der Waals surface area contributed by atoms with Gasteiger partial charge in [-0.15, -0.1) is 0 Å². The number of methoxy groups -OCH3 is 2. The largest absolute Gasteiger partial charge is 0.496 e. The van der Waals surface area contributed by atoms with Gasteiger partial charge in [0.15, 0.2) is 0 Å². The molecule has 2 aromatic heterocycles. The molecule has 0 aliphatic carbocycles. The number of aromatic nitrogens is 2. The van der Waals surface area contributed by atoms with E-state index >= 15 is 8.78 Å². The fourth-order valence-corrected chi connectivity index (χ4v) is 7.13. The number of halogens is 3. The van der Waals surface area contributed by atoms with Crippen LogP contribution < -0.4 is 19.5 Å². The third kappa shape index (κ3) is 8.05. The third-order valence-electron chi connectivity index (χ3n) is 8.70. The Labute approximate surface area is 312 Å². The fourth-order valence-electron chi connectivity index (χ4n) is 6.09. The molecule has 1 amide bonds. The maximum Gasteiger partial charge on any atom is 0.326 e. The molecule has 12 nitrogen and oxygen atoms in total. The van der Waals surface area contributed by atoms with Crippen LogP contribution in [0, 0.1) is 17.6 Å². The van der Waals surface area contributed by atoms with Crippen LogP contribution in [0.25, 0.3) is 33.0 Å². The molecule has 0 saturated carbocycles. The molecular formula is C39H31F3N4O8S. The molecule has 0 unspecified atom stereocenters. The molecule has 0 spiro atoms. The Morgan fingerprint density at radius 2 is 1.51 bits per heavy atom. The van der Waals surface area contributed by atoms with Crippen molar-refractivity contribution in [3.8, 4) is 33.8 Å². The van der Waals surface area contributed by atoms with Crippen molar-refractivity contribution in [2.45, 2.75) is 24.0 Å². The summed E-state index contributed by atoms with van der Waals surface area (Å²) in [5.41, 5.74) is 1.41. The van der Waals surface area contributed by atoms with Gasteiger partial charge in [0.1, 0.15) is 34.7 Å². The summed E-state index contributed by atoms with van der Waals surface area (Å²) in [6.45, 7) is -0.262. The van der Waals surface area contributed by atoms with Gasteiger partial charge in [0.2, 0.25) is 5.95 Å². The van der Waals surface area contributed by atoms with Crippen molar-refractivity contribution in [1.82, 2.24) is 15.3 Å². The van der Waals surface area contributed by atoms with Crippen molar-refractivity contribution < 1.29 is 50.9 Å². The van der Waals surface area contributed by atoms with Gasteiger partial charge in [-0.3, -0.25) is 14.5 Å². The first-order valence-electron chi connectivity index (χ1n) is 16.3. The summed E-state index contributed by atoms with van der Waals surface area (Å²) in [6, 6.07) is 15.7. The number of pyridine rings is 2. The van der Waals surface area contributed by atoms with Crippen LogP contribution in [0.4, 0.5) is 18.9 Å². The number of carboxylic acids is 1. The Bertz CT molecular complexity index is 2510. The van der Waals surface area contributed by atoms with Crippen molar-refractivity contribution in [1.29, 1.82) is 0 Å². The minimum Gasteiger partial charge on any atom is -0.496 e. The van der Waals surface area contributed by atoms with Gasteiger partial charge < -0.3 is 25.0 Å². The number of carbonyl (C=O) groups excluding carboxylic acids is 1. The Morgan fingerprint density at radius 1 is 0.836 bits per heavy atom. The number of aliphatic hydroxyl groups excluding tert-OH is 1. The van der Waals surface area contributed by atoms with Gasteiger partial charge in [0.05, 0.1) is 37.0 Å². The minimum atomic E-state index is -4.38. The van der Waals surface area contributed by atoms with E-state index < -0.39 is 56.8 Å². The maximum atomic E-state index is 15.3. The highest BCUT2D eigenvalue weighted by molar-refractivity contribution is 7.92. The number of carboxylic acid groups (broad SMARTS) is 1. The molecular weight excluding hydrogens is 742 g/mol. The standard InChI is InChI=1S/C39H31F3N4O8S/c1-53-33-13-21(20-47)14-34(54-2)36(33)28-8-5-24(27-10-11-43-19-29(27)28)15-32(39(49)50)45-38(48)37-30(40)17-25(18-31(37)41)46-55(51,52)26-6-3-22(4-7-26)23-9-12-44-35(42)16-23/h3-14,16-19,32,46-47H,15,20H2,1-2H3,(H,45,48)(H,49,50)/t32-/m1/s1. The number of amides is 1. The summed E-state index contributed by atoms with van der Waals surface area (Å²) in [5.74, 6) is -5.72. The predicted molar refractivity (Wildman–Crippen MR) is 196 cm³/mol. The van der Waals surface area contributed by atoms with Gasteiger partial charge in [-0.25, -0.2) is 27.0 Å². The molecule has 0 aliphatic heterocycles. The minimum absolute atomic E-state index is 0.262. The number of sulfonamides is 1. The normalized spacial score (nSPS) is 11.9. The topological polar surface area (TPSA) is 177 Å². The first-order chi connectivity index (χ1) is 26.3. The number of nitrogens with zero attached hydrogens (tertiary/aromatic N) is 2. The second kappa shape index (κ2) is 15.8. The number of aliphatic hydroxyl groups is 1. The Morgan fingerprint density at radius 3 is 2.11 bits per heavy atom. The maximum absolute atomic E-state index is 15.3. The molecule has 2 heterocycles. The Balaban J connectivity index is 1.23. The number of carbonyl (C=O) groups is 2. The van der Waals surface area contributed by atoms with Gasteiger partial charge in [-0.2, -0.15) is 4.39 Å². The number of benzene rings is 4. The first-order valence-corrected chi connectivity index (χ1v) is 17.8. The van der Waals surface area contributed by atoms with Gasteiger partial charge >= 0.3 is 5.97 Å². The van der Waals surface area contributed by atoms with Crippen molar-refractivity contribution in [2.24, 2.45) is 0 Å². The molecule has 4 N–H and O–H groups in total. The molecule has 0 aliphatic rings. The van der Waals surface area contributed by atoms with E-state index in [0.717, 1.165) is 6.07 Å². The molecule has 282 valence electrons. The zero-order valence-corrected chi connectivity index (χ0v) is 29.8. The molecule has 6 rings (SSSR count). The van der Waals surface area contributed by atoms with Crippen molar-refractivity contribution in [3.63, 3.8) is 0 Å². The second-order valence-corrected chi connectivity index (χ2v) is 13.8. The lowest BCUT2D eigenvalue weighted by molar-refractivity contribution is -0.139. The van der Waals surface area contributed by atoms with Crippen LogP contribution in [0.5, 0.6) is 11.5 Å². The van der Waals surface area contributed by atoms with Crippen LogP contribution in [0.15, 0.2) is 102 Å². The van der Waals surface area contributed by atoms with Crippen molar-refractivity contribution in [3.05, 3.63) is 132 Å². The third-order valence-corrected chi connectivity index (χ3v) is 10.1. The highest BCUT2D eigenvalue weighted by atomic mass is 32.2. The first kappa shape index (κ1) is 38.2. The molecule has 55 heavy (non-hydrogen) atoms. The van der Waals surface area contributed by atoms with Crippen LogP contribution >= 0.6 is 0 Å². The van der Waals surface area contributed by atoms with Crippen LogP contribution in [-0.4, -0.2) is 60.7 Å². The fraction of sp³-hybridized carbons (Fsp3) is 0.128. The lowest BCUT2D eigenvalue weighted by atomic mass is 9.92.